The topological polar surface area (TPSA) is 49.3 Å². The minimum Gasteiger partial charge on any atom is -0.394 e. The predicted octanol–water partition coefficient (Wildman–Crippen LogP) is 2.75. The Bertz CT molecular complexity index is 632. The molecule has 2 aromatic carbocycles. The van der Waals surface area contributed by atoms with E-state index in [1.807, 2.05) is 30.3 Å². The first-order valence-electron chi connectivity index (χ1n) is 6.99. The number of aliphatic hydroxyl groups is 1. The quantitative estimate of drug-likeness (QED) is 0.862. The lowest BCUT2D eigenvalue weighted by Crippen LogP contribution is -2.30. The molecule has 3 nitrogen and oxygen atoms in total. The molecule has 1 amide bonds. The van der Waals surface area contributed by atoms with Crippen LogP contribution in [0.2, 0.25) is 0 Å². The Hall–Kier alpha value is -2.27. The molecule has 0 spiro atoms. The summed E-state index contributed by atoms with van der Waals surface area (Å²) in [5.74, 6) is -2.08. The first kappa shape index (κ1) is 16.1. The zero-order valence-corrected chi connectivity index (χ0v) is 11.9. The van der Waals surface area contributed by atoms with Gasteiger partial charge in [0.05, 0.1) is 12.6 Å². The van der Waals surface area contributed by atoms with Crippen molar-refractivity contribution in [2.75, 3.05) is 6.61 Å². The highest BCUT2D eigenvalue weighted by Crippen LogP contribution is 2.13. The van der Waals surface area contributed by atoms with Gasteiger partial charge in [-0.3, -0.25) is 4.79 Å². The summed E-state index contributed by atoms with van der Waals surface area (Å²) in [6.07, 6.45) is 0.435. The fourth-order valence-electron chi connectivity index (χ4n) is 2.14. The van der Waals surface area contributed by atoms with Crippen LogP contribution in [-0.2, 0) is 11.2 Å². The van der Waals surface area contributed by atoms with Gasteiger partial charge in [0, 0.05) is 6.42 Å². The molecule has 2 aromatic rings. The number of hydrogen-bond donors (Lipinski definition) is 2. The summed E-state index contributed by atoms with van der Waals surface area (Å²) < 4.78 is 25.9. The average molecular weight is 305 g/mol. The molecule has 2 N–H and O–H groups in total. The second kappa shape index (κ2) is 7.66. The number of hydrogen-bond acceptors (Lipinski definition) is 2. The lowest BCUT2D eigenvalue weighted by atomic mass is 10.1. The standard InChI is InChI=1S/C17H17F2NO2/c18-14-8-6-12(10-15(14)19)7-9-17(22)20-16(11-21)13-4-2-1-3-5-13/h1-6,8,10,16,21H,7,9,11H2,(H,20,22). The van der Waals surface area contributed by atoms with Gasteiger partial charge < -0.3 is 10.4 Å². The van der Waals surface area contributed by atoms with Gasteiger partial charge in [0.2, 0.25) is 5.91 Å². The highest BCUT2D eigenvalue weighted by atomic mass is 19.2. The summed E-state index contributed by atoms with van der Waals surface area (Å²) in [6.45, 7) is -0.207. The van der Waals surface area contributed by atoms with E-state index < -0.39 is 17.7 Å². The number of nitrogens with one attached hydrogen (secondary N) is 1. The lowest BCUT2D eigenvalue weighted by Gasteiger charge is -2.16. The number of aliphatic hydroxyl groups excluding tert-OH is 1. The summed E-state index contributed by atoms with van der Waals surface area (Å²) in [6, 6.07) is 12.2. The summed E-state index contributed by atoms with van der Waals surface area (Å²) in [4.78, 5) is 11.9. The molecule has 1 unspecified atom stereocenters. The number of carbonyl (C=O) groups excluding carboxylic acids is 1. The second-order valence-electron chi connectivity index (χ2n) is 4.96. The van der Waals surface area contributed by atoms with E-state index in [9.17, 15) is 18.7 Å². The molecule has 5 heteroatoms. The van der Waals surface area contributed by atoms with E-state index in [0.29, 0.717) is 12.0 Å². The molecule has 0 saturated carbocycles. The Morgan fingerprint density at radius 3 is 2.45 bits per heavy atom. The molecule has 0 heterocycles. The van der Waals surface area contributed by atoms with Crippen LogP contribution in [0.25, 0.3) is 0 Å². The molecular weight excluding hydrogens is 288 g/mol. The Balaban J connectivity index is 1.90. The third kappa shape index (κ3) is 4.36. The van der Waals surface area contributed by atoms with Crippen LogP contribution in [0.3, 0.4) is 0 Å². The smallest absolute Gasteiger partial charge is 0.220 e. The number of rotatable bonds is 6. The molecule has 0 fully saturated rings. The van der Waals surface area contributed by atoms with Gasteiger partial charge in [0.1, 0.15) is 0 Å². The predicted molar refractivity (Wildman–Crippen MR) is 79.1 cm³/mol. The van der Waals surface area contributed by atoms with Crippen molar-refractivity contribution in [3.05, 3.63) is 71.3 Å². The highest BCUT2D eigenvalue weighted by molar-refractivity contribution is 5.76. The lowest BCUT2D eigenvalue weighted by molar-refractivity contribution is -0.122. The van der Waals surface area contributed by atoms with E-state index in [1.165, 1.54) is 6.07 Å². The van der Waals surface area contributed by atoms with E-state index >= 15 is 0 Å². The van der Waals surface area contributed by atoms with Crippen molar-refractivity contribution in [2.45, 2.75) is 18.9 Å². The molecule has 0 aromatic heterocycles. The fraction of sp³-hybridized carbons (Fsp3) is 0.235. The maximum Gasteiger partial charge on any atom is 0.220 e. The van der Waals surface area contributed by atoms with Gasteiger partial charge in [-0.25, -0.2) is 8.78 Å². The molecule has 1 atom stereocenters. The van der Waals surface area contributed by atoms with Gasteiger partial charge in [-0.05, 0) is 29.7 Å². The molecule has 0 radical (unpaired) electrons. The monoisotopic (exact) mass is 305 g/mol. The van der Waals surface area contributed by atoms with Crippen molar-refractivity contribution in [2.24, 2.45) is 0 Å². The molecule has 22 heavy (non-hydrogen) atoms. The average Bonchev–Trinajstić information content (AvgIpc) is 2.54. The molecule has 116 valence electrons. The fourth-order valence-corrected chi connectivity index (χ4v) is 2.14. The number of benzene rings is 2. The molecule has 0 aliphatic carbocycles. The third-order valence-electron chi connectivity index (χ3n) is 3.34. The van der Waals surface area contributed by atoms with Crippen LogP contribution >= 0.6 is 0 Å². The van der Waals surface area contributed by atoms with E-state index in [-0.39, 0.29) is 18.9 Å². The summed E-state index contributed by atoms with van der Waals surface area (Å²) in [7, 11) is 0. The van der Waals surface area contributed by atoms with Crippen LogP contribution in [0.5, 0.6) is 0 Å². The second-order valence-corrected chi connectivity index (χ2v) is 4.96. The zero-order valence-electron chi connectivity index (χ0n) is 11.9. The van der Waals surface area contributed by atoms with E-state index in [2.05, 4.69) is 5.32 Å². The first-order chi connectivity index (χ1) is 10.6. The third-order valence-corrected chi connectivity index (χ3v) is 3.34. The Morgan fingerprint density at radius 2 is 1.82 bits per heavy atom. The maximum atomic E-state index is 13.1. The molecular formula is C17H17F2NO2. The van der Waals surface area contributed by atoms with Crippen molar-refractivity contribution in [3.8, 4) is 0 Å². The van der Waals surface area contributed by atoms with E-state index in [4.69, 9.17) is 0 Å². The summed E-state index contributed by atoms with van der Waals surface area (Å²) in [5.41, 5.74) is 1.36. The summed E-state index contributed by atoms with van der Waals surface area (Å²) >= 11 is 0. The van der Waals surface area contributed by atoms with Gasteiger partial charge >= 0.3 is 0 Å². The van der Waals surface area contributed by atoms with Gasteiger partial charge in [0.25, 0.3) is 0 Å². The van der Waals surface area contributed by atoms with Gasteiger partial charge in [0.15, 0.2) is 11.6 Å². The number of amides is 1. The van der Waals surface area contributed by atoms with Crippen molar-refractivity contribution in [3.63, 3.8) is 0 Å². The van der Waals surface area contributed by atoms with Crippen molar-refractivity contribution < 1.29 is 18.7 Å². The van der Waals surface area contributed by atoms with Crippen LogP contribution in [0.15, 0.2) is 48.5 Å². The molecule has 0 saturated heterocycles. The van der Waals surface area contributed by atoms with E-state index in [0.717, 1.165) is 17.7 Å². The van der Waals surface area contributed by atoms with Crippen molar-refractivity contribution in [1.82, 2.24) is 5.32 Å². The largest absolute Gasteiger partial charge is 0.394 e. The molecule has 2 rings (SSSR count). The normalized spacial score (nSPS) is 12.0. The van der Waals surface area contributed by atoms with Crippen LogP contribution < -0.4 is 5.32 Å². The van der Waals surface area contributed by atoms with Crippen LogP contribution in [0.4, 0.5) is 8.78 Å². The van der Waals surface area contributed by atoms with Gasteiger partial charge in [-0.1, -0.05) is 36.4 Å². The minimum atomic E-state index is -0.921. The molecule has 0 aliphatic rings. The SMILES string of the molecule is O=C(CCc1ccc(F)c(F)c1)NC(CO)c1ccccc1. The number of halogens is 2. The van der Waals surface area contributed by atoms with E-state index in [1.54, 1.807) is 0 Å². The highest BCUT2D eigenvalue weighted by Gasteiger charge is 2.13. The van der Waals surface area contributed by atoms with Crippen LogP contribution in [-0.4, -0.2) is 17.6 Å². The first-order valence-corrected chi connectivity index (χ1v) is 6.99. The van der Waals surface area contributed by atoms with Gasteiger partial charge in [-0.2, -0.15) is 0 Å². The van der Waals surface area contributed by atoms with Crippen LogP contribution in [0, 0.1) is 11.6 Å². The number of carbonyl (C=O) groups is 1. The number of aryl methyl sites for hydroxylation is 1. The van der Waals surface area contributed by atoms with Crippen molar-refractivity contribution in [1.29, 1.82) is 0 Å². The Morgan fingerprint density at radius 1 is 1.09 bits per heavy atom. The minimum absolute atomic E-state index is 0.133. The molecule has 0 bridgehead atoms. The van der Waals surface area contributed by atoms with Crippen molar-refractivity contribution >= 4 is 5.91 Å². The zero-order chi connectivity index (χ0) is 15.9. The van der Waals surface area contributed by atoms with Gasteiger partial charge in [-0.15, -0.1) is 0 Å². The Labute approximate surface area is 127 Å². The maximum absolute atomic E-state index is 13.1. The molecule has 0 aliphatic heterocycles. The van der Waals surface area contributed by atoms with Crippen LogP contribution in [0.1, 0.15) is 23.6 Å². The summed E-state index contributed by atoms with van der Waals surface area (Å²) in [5, 5.41) is 12.1. The Kier molecular flexibility index (Phi) is 5.61.